The third-order valence-electron chi connectivity index (χ3n) is 3.22. The molecule has 1 unspecified atom stereocenters. The number of hydrogen-bond acceptors (Lipinski definition) is 2. The van der Waals surface area contributed by atoms with Gasteiger partial charge in [-0.05, 0) is 42.7 Å². The smallest absolute Gasteiger partial charge is 0.0412 e. The standard InChI is InChI=1S/C14H14ClNS/c1-9-12-8-14(17-13(12)5-6-16-9)10-3-2-4-11(15)7-10/h2-4,7-9,16H,5-6H2,1H3. The van der Waals surface area contributed by atoms with Crippen LogP contribution >= 0.6 is 22.9 Å². The zero-order valence-electron chi connectivity index (χ0n) is 9.66. The van der Waals surface area contributed by atoms with Crippen LogP contribution in [-0.4, -0.2) is 6.54 Å². The second-order valence-corrected chi connectivity index (χ2v) is 6.00. The first-order valence-electron chi connectivity index (χ1n) is 5.86. The highest BCUT2D eigenvalue weighted by Gasteiger charge is 2.19. The second kappa shape index (κ2) is 4.45. The van der Waals surface area contributed by atoms with E-state index in [9.17, 15) is 0 Å². The second-order valence-electron chi connectivity index (χ2n) is 4.43. The quantitative estimate of drug-likeness (QED) is 0.810. The molecule has 17 heavy (non-hydrogen) atoms. The highest BCUT2D eigenvalue weighted by atomic mass is 35.5. The number of halogens is 1. The van der Waals surface area contributed by atoms with Crippen LogP contribution in [0.1, 0.15) is 23.4 Å². The summed E-state index contributed by atoms with van der Waals surface area (Å²) in [6.07, 6.45) is 1.14. The van der Waals surface area contributed by atoms with Gasteiger partial charge in [0.15, 0.2) is 0 Å². The lowest BCUT2D eigenvalue weighted by Crippen LogP contribution is -2.26. The molecule has 88 valence electrons. The molecule has 0 aliphatic carbocycles. The van der Waals surface area contributed by atoms with Crippen molar-refractivity contribution in [3.63, 3.8) is 0 Å². The van der Waals surface area contributed by atoms with Crippen molar-refractivity contribution < 1.29 is 0 Å². The van der Waals surface area contributed by atoms with Crippen molar-refractivity contribution in [3.05, 3.63) is 45.8 Å². The Hall–Kier alpha value is -0.830. The molecule has 0 spiro atoms. The number of rotatable bonds is 1. The average Bonchev–Trinajstić information content (AvgIpc) is 2.74. The Morgan fingerprint density at radius 1 is 1.35 bits per heavy atom. The van der Waals surface area contributed by atoms with Gasteiger partial charge < -0.3 is 5.32 Å². The molecule has 0 saturated heterocycles. The first-order valence-corrected chi connectivity index (χ1v) is 7.05. The van der Waals surface area contributed by atoms with Crippen LogP contribution in [0.2, 0.25) is 5.02 Å². The molecular weight excluding hydrogens is 250 g/mol. The molecule has 2 heterocycles. The Bertz CT molecular complexity index is 547. The maximum absolute atomic E-state index is 6.04. The first-order chi connectivity index (χ1) is 8.24. The lowest BCUT2D eigenvalue weighted by Gasteiger charge is -2.19. The third kappa shape index (κ3) is 2.13. The van der Waals surface area contributed by atoms with Gasteiger partial charge in [0.25, 0.3) is 0 Å². The number of fused-ring (bicyclic) bond motifs is 1. The summed E-state index contributed by atoms with van der Waals surface area (Å²) >= 11 is 7.94. The Morgan fingerprint density at radius 3 is 3.00 bits per heavy atom. The van der Waals surface area contributed by atoms with Crippen molar-refractivity contribution in [2.45, 2.75) is 19.4 Å². The zero-order valence-corrected chi connectivity index (χ0v) is 11.2. The van der Waals surface area contributed by atoms with Crippen molar-refractivity contribution in [3.8, 4) is 10.4 Å². The molecule has 0 amide bonds. The van der Waals surface area contributed by atoms with Gasteiger partial charge in [-0.1, -0.05) is 23.7 Å². The highest BCUT2D eigenvalue weighted by molar-refractivity contribution is 7.15. The molecule has 0 bridgehead atoms. The van der Waals surface area contributed by atoms with Gasteiger partial charge in [-0.2, -0.15) is 0 Å². The minimum Gasteiger partial charge on any atom is -0.310 e. The fourth-order valence-electron chi connectivity index (χ4n) is 2.30. The topological polar surface area (TPSA) is 12.0 Å². The molecule has 1 aromatic carbocycles. The molecule has 0 saturated carbocycles. The van der Waals surface area contributed by atoms with Gasteiger partial charge in [-0.3, -0.25) is 0 Å². The largest absolute Gasteiger partial charge is 0.310 e. The third-order valence-corrected chi connectivity index (χ3v) is 4.71. The molecule has 3 heteroatoms. The van der Waals surface area contributed by atoms with E-state index >= 15 is 0 Å². The van der Waals surface area contributed by atoms with E-state index in [1.165, 1.54) is 20.9 Å². The van der Waals surface area contributed by atoms with Gasteiger partial charge in [0.05, 0.1) is 0 Å². The van der Waals surface area contributed by atoms with Gasteiger partial charge in [-0.15, -0.1) is 11.3 Å². The molecule has 1 aliphatic rings. The maximum Gasteiger partial charge on any atom is 0.0412 e. The Morgan fingerprint density at radius 2 is 2.24 bits per heavy atom. The molecule has 2 aromatic rings. The average molecular weight is 264 g/mol. The molecule has 3 rings (SSSR count). The van der Waals surface area contributed by atoms with Gasteiger partial charge in [0, 0.05) is 27.4 Å². The van der Waals surface area contributed by atoms with E-state index in [1.54, 1.807) is 0 Å². The van der Waals surface area contributed by atoms with Crippen LogP contribution in [0, 0.1) is 0 Å². The molecule has 1 atom stereocenters. The summed E-state index contributed by atoms with van der Waals surface area (Å²) in [5, 5.41) is 4.30. The lowest BCUT2D eigenvalue weighted by molar-refractivity contribution is 0.547. The molecule has 0 radical (unpaired) electrons. The number of nitrogens with one attached hydrogen (secondary N) is 1. The maximum atomic E-state index is 6.04. The molecule has 1 aliphatic heterocycles. The molecule has 1 nitrogen and oxygen atoms in total. The zero-order chi connectivity index (χ0) is 11.8. The highest BCUT2D eigenvalue weighted by Crippen LogP contribution is 2.37. The first kappa shape index (κ1) is 11.3. The Balaban J connectivity index is 2.05. The number of thiophene rings is 1. The predicted octanol–water partition coefficient (Wildman–Crippen LogP) is 4.28. The van der Waals surface area contributed by atoms with E-state index in [-0.39, 0.29) is 0 Å². The monoisotopic (exact) mass is 263 g/mol. The van der Waals surface area contributed by atoms with E-state index in [4.69, 9.17) is 11.6 Å². The molecule has 0 fully saturated rings. The van der Waals surface area contributed by atoms with E-state index in [1.807, 2.05) is 29.5 Å². The molecular formula is C14H14ClNS. The van der Waals surface area contributed by atoms with Crippen LogP contribution in [0.4, 0.5) is 0 Å². The van der Waals surface area contributed by atoms with Crippen molar-refractivity contribution in [2.24, 2.45) is 0 Å². The van der Waals surface area contributed by atoms with Crippen LogP contribution in [-0.2, 0) is 6.42 Å². The Kier molecular flexibility index (Phi) is 2.95. The van der Waals surface area contributed by atoms with Gasteiger partial charge in [0.1, 0.15) is 0 Å². The Labute approximate surface area is 110 Å². The van der Waals surface area contributed by atoms with Crippen molar-refractivity contribution in [1.82, 2.24) is 5.32 Å². The van der Waals surface area contributed by atoms with E-state index in [0.717, 1.165) is 18.0 Å². The summed E-state index contributed by atoms with van der Waals surface area (Å²) < 4.78 is 0. The van der Waals surface area contributed by atoms with Crippen LogP contribution in [0.5, 0.6) is 0 Å². The minimum atomic E-state index is 0.475. The van der Waals surface area contributed by atoms with Crippen LogP contribution in [0.3, 0.4) is 0 Å². The van der Waals surface area contributed by atoms with E-state index < -0.39 is 0 Å². The summed E-state index contributed by atoms with van der Waals surface area (Å²) in [6, 6.07) is 10.9. The summed E-state index contributed by atoms with van der Waals surface area (Å²) in [7, 11) is 0. The van der Waals surface area contributed by atoms with Gasteiger partial charge in [-0.25, -0.2) is 0 Å². The van der Waals surface area contributed by atoms with Gasteiger partial charge in [0.2, 0.25) is 0 Å². The normalized spacial score (nSPS) is 19.1. The minimum absolute atomic E-state index is 0.475. The van der Waals surface area contributed by atoms with Crippen molar-refractivity contribution in [1.29, 1.82) is 0 Å². The molecule has 1 N–H and O–H groups in total. The van der Waals surface area contributed by atoms with E-state index in [2.05, 4.69) is 24.4 Å². The lowest BCUT2D eigenvalue weighted by atomic mass is 10.0. The summed E-state index contributed by atoms with van der Waals surface area (Å²) in [4.78, 5) is 2.85. The summed E-state index contributed by atoms with van der Waals surface area (Å²) in [5.41, 5.74) is 2.68. The molecule has 1 aromatic heterocycles. The van der Waals surface area contributed by atoms with Crippen molar-refractivity contribution in [2.75, 3.05) is 6.54 Å². The summed E-state index contributed by atoms with van der Waals surface area (Å²) in [6.45, 7) is 3.32. The number of benzene rings is 1. The van der Waals surface area contributed by atoms with Crippen LogP contribution in [0.25, 0.3) is 10.4 Å². The fraction of sp³-hybridized carbons (Fsp3) is 0.286. The predicted molar refractivity (Wildman–Crippen MR) is 74.9 cm³/mol. The number of hydrogen-bond donors (Lipinski definition) is 1. The van der Waals surface area contributed by atoms with E-state index in [0.29, 0.717) is 6.04 Å². The van der Waals surface area contributed by atoms with Crippen LogP contribution < -0.4 is 5.32 Å². The van der Waals surface area contributed by atoms with Crippen molar-refractivity contribution >= 4 is 22.9 Å². The fourth-order valence-corrected chi connectivity index (χ4v) is 3.74. The van der Waals surface area contributed by atoms with Crippen LogP contribution in [0.15, 0.2) is 30.3 Å². The van der Waals surface area contributed by atoms with Gasteiger partial charge >= 0.3 is 0 Å². The SMILES string of the molecule is CC1NCCc2sc(-c3cccc(Cl)c3)cc21. The summed E-state index contributed by atoms with van der Waals surface area (Å²) in [5.74, 6) is 0.